The summed E-state index contributed by atoms with van der Waals surface area (Å²) in [6, 6.07) is 3.38. The van der Waals surface area contributed by atoms with E-state index < -0.39 is 4.92 Å². The first kappa shape index (κ1) is 12.0. The van der Waals surface area contributed by atoms with Gasteiger partial charge in [-0.3, -0.25) is 4.68 Å². The third-order valence-electron chi connectivity index (χ3n) is 2.65. The number of imidazole rings is 1. The maximum atomic E-state index is 10.8. The number of aromatic nitrogens is 6. The third kappa shape index (κ3) is 2.25. The lowest BCUT2D eigenvalue weighted by atomic mass is 10.5. The van der Waals surface area contributed by atoms with E-state index in [1.807, 2.05) is 0 Å². The maximum absolute atomic E-state index is 10.8. The molecule has 0 saturated carbocycles. The molecular weight excluding hydrogens is 264 g/mol. The van der Waals surface area contributed by atoms with Crippen LogP contribution in [-0.4, -0.2) is 41.1 Å². The number of fused-ring (bicyclic) bond motifs is 1. The number of hydrogen-bond donors (Lipinski definition) is 1. The lowest BCUT2D eigenvalue weighted by molar-refractivity contribution is -0.391. The van der Waals surface area contributed by atoms with E-state index in [-0.39, 0.29) is 5.82 Å². The fraction of sp³-hybridized carbons (Fsp3) is 0.200. The highest BCUT2D eigenvalue weighted by Gasteiger charge is 2.15. The van der Waals surface area contributed by atoms with E-state index in [2.05, 4.69) is 25.7 Å². The van der Waals surface area contributed by atoms with Crippen molar-refractivity contribution in [1.82, 2.24) is 29.6 Å². The molecule has 1 N–H and O–H groups in total. The van der Waals surface area contributed by atoms with Crippen molar-refractivity contribution in [2.45, 2.75) is 6.54 Å². The van der Waals surface area contributed by atoms with Crippen molar-refractivity contribution >= 4 is 17.3 Å². The molecule has 0 atom stereocenters. The second-order valence-electron chi connectivity index (χ2n) is 3.95. The van der Waals surface area contributed by atoms with Crippen LogP contribution in [0.3, 0.4) is 0 Å². The molecule has 0 aliphatic carbocycles. The largest absolute Gasteiger partial charge is 0.368 e. The lowest BCUT2D eigenvalue weighted by Crippen LogP contribution is -2.13. The molecule has 3 aromatic rings. The molecule has 3 rings (SSSR count). The summed E-state index contributed by atoms with van der Waals surface area (Å²) in [4.78, 5) is 14.2. The van der Waals surface area contributed by atoms with E-state index in [1.54, 1.807) is 29.2 Å². The van der Waals surface area contributed by atoms with Crippen molar-refractivity contribution in [3.05, 3.63) is 40.8 Å². The van der Waals surface area contributed by atoms with Crippen LogP contribution >= 0.6 is 0 Å². The number of nitrogens with one attached hydrogen (secondary N) is 1. The summed E-state index contributed by atoms with van der Waals surface area (Å²) in [5.41, 5.74) is 0.429. The van der Waals surface area contributed by atoms with Gasteiger partial charge in [-0.2, -0.15) is 0 Å². The van der Waals surface area contributed by atoms with Crippen LogP contribution in [0.4, 0.5) is 11.6 Å². The molecule has 0 unspecified atom stereocenters. The monoisotopic (exact) mass is 274 g/mol. The Morgan fingerprint density at radius 2 is 2.30 bits per heavy atom. The van der Waals surface area contributed by atoms with Crippen LogP contribution in [0.1, 0.15) is 0 Å². The summed E-state index contributed by atoms with van der Waals surface area (Å²) in [6.45, 7) is 1.19. The van der Waals surface area contributed by atoms with Crippen molar-refractivity contribution in [3.63, 3.8) is 0 Å². The second-order valence-corrected chi connectivity index (χ2v) is 3.95. The molecule has 0 radical (unpaired) electrons. The Hall–Kier alpha value is -3.04. The van der Waals surface area contributed by atoms with Crippen LogP contribution in [0.2, 0.25) is 0 Å². The molecule has 3 heterocycles. The van der Waals surface area contributed by atoms with Gasteiger partial charge in [-0.05, 0) is 11.0 Å². The molecule has 0 saturated heterocycles. The van der Waals surface area contributed by atoms with Gasteiger partial charge >= 0.3 is 5.82 Å². The quantitative estimate of drug-likeness (QED) is 0.526. The summed E-state index contributed by atoms with van der Waals surface area (Å²) in [5, 5.41) is 25.5. The van der Waals surface area contributed by atoms with Crippen LogP contribution in [0.5, 0.6) is 0 Å². The zero-order valence-corrected chi connectivity index (χ0v) is 10.2. The van der Waals surface area contributed by atoms with Crippen molar-refractivity contribution in [3.8, 4) is 0 Å². The molecule has 0 spiro atoms. The SMILES string of the molecule is O=[N+]([O-])c1cnc2ccc(NCCn3ccnn3)nn12. The molecule has 0 bridgehead atoms. The van der Waals surface area contributed by atoms with Gasteiger partial charge in [-0.25, -0.2) is 4.98 Å². The van der Waals surface area contributed by atoms with Crippen LogP contribution in [0.25, 0.3) is 5.65 Å². The van der Waals surface area contributed by atoms with Crippen LogP contribution < -0.4 is 5.32 Å². The molecule has 0 aromatic carbocycles. The first-order valence-corrected chi connectivity index (χ1v) is 5.81. The smallest absolute Gasteiger partial charge is 0.365 e. The van der Waals surface area contributed by atoms with Crippen molar-refractivity contribution in [1.29, 1.82) is 0 Å². The molecule has 3 aromatic heterocycles. The van der Waals surface area contributed by atoms with E-state index in [0.29, 0.717) is 24.6 Å². The van der Waals surface area contributed by atoms with E-state index in [1.165, 1.54) is 10.7 Å². The highest BCUT2D eigenvalue weighted by atomic mass is 16.6. The van der Waals surface area contributed by atoms with Crippen LogP contribution in [0.15, 0.2) is 30.7 Å². The normalized spacial score (nSPS) is 10.8. The van der Waals surface area contributed by atoms with Crippen LogP contribution in [-0.2, 0) is 6.54 Å². The number of hydrogen-bond acceptors (Lipinski definition) is 7. The van der Waals surface area contributed by atoms with E-state index in [0.717, 1.165) is 0 Å². The maximum Gasteiger partial charge on any atom is 0.368 e. The second kappa shape index (κ2) is 4.91. The minimum absolute atomic E-state index is 0.167. The number of anilines is 1. The zero-order chi connectivity index (χ0) is 13.9. The van der Waals surface area contributed by atoms with E-state index >= 15 is 0 Å². The van der Waals surface area contributed by atoms with E-state index in [4.69, 9.17) is 0 Å². The van der Waals surface area contributed by atoms with Gasteiger partial charge < -0.3 is 15.4 Å². The zero-order valence-electron chi connectivity index (χ0n) is 10.2. The van der Waals surface area contributed by atoms with Gasteiger partial charge in [0.2, 0.25) is 5.65 Å². The topological polar surface area (TPSA) is 116 Å². The van der Waals surface area contributed by atoms with Crippen LogP contribution in [0, 0.1) is 10.1 Å². The van der Waals surface area contributed by atoms with Gasteiger partial charge in [-0.15, -0.1) is 5.10 Å². The average molecular weight is 274 g/mol. The molecule has 102 valence electrons. The molecule has 0 aliphatic heterocycles. The van der Waals surface area contributed by atoms with Crippen molar-refractivity contribution < 1.29 is 4.92 Å². The summed E-state index contributed by atoms with van der Waals surface area (Å²) in [7, 11) is 0. The fourth-order valence-corrected chi connectivity index (χ4v) is 1.73. The average Bonchev–Trinajstić information content (AvgIpc) is 3.06. The Kier molecular flexibility index (Phi) is 2.95. The summed E-state index contributed by atoms with van der Waals surface area (Å²) >= 11 is 0. The Labute approximate surface area is 112 Å². The molecule has 0 aliphatic rings. The number of nitro groups is 1. The first-order chi connectivity index (χ1) is 9.74. The number of nitrogens with zero attached hydrogens (tertiary/aromatic N) is 7. The molecule has 0 fully saturated rings. The van der Waals surface area contributed by atoms with E-state index in [9.17, 15) is 10.1 Å². The number of rotatable bonds is 5. The van der Waals surface area contributed by atoms with Gasteiger partial charge in [0.1, 0.15) is 6.20 Å². The Morgan fingerprint density at radius 1 is 1.40 bits per heavy atom. The van der Waals surface area contributed by atoms with Crippen molar-refractivity contribution in [2.24, 2.45) is 0 Å². The predicted molar refractivity (Wildman–Crippen MR) is 68.2 cm³/mol. The first-order valence-electron chi connectivity index (χ1n) is 5.81. The molecule has 0 amide bonds. The minimum Gasteiger partial charge on any atom is -0.365 e. The molecule has 20 heavy (non-hydrogen) atoms. The van der Waals surface area contributed by atoms with Gasteiger partial charge in [0.05, 0.1) is 12.7 Å². The highest BCUT2D eigenvalue weighted by Crippen LogP contribution is 2.14. The van der Waals surface area contributed by atoms with Gasteiger partial charge in [0.15, 0.2) is 5.82 Å². The fourth-order valence-electron chi connectivity index (χ4n) is 1.73. The summed E-state index contributed by atoms with van der Waals surface area (Å²) in [5.74, 6) is 0.360. The Morgan fingerprint density at radius 3 is 3.05 bits per heavy atom. The van der Waals surface area contributed by atoms with Crippen molar-refractivity contribution in [2.75, 3.05) is 11.9 Å². The Bertz CT molecular complexity index is 735. The Balaban J connectivity index is 1.75. The molecular formula is C10H10N8O2. The minimum atomic E-state index is -0.522. The van der Waals surface area contributed by atoms with Gasteiger partial charge in [0, 0.05) is 18.8 Å². The summed E-state index contributed by atoms with van der Waals surface area (Å²) in [6.07, 6.45) is 4.53. The van der Waals surface area contributed by atoms with Gasteiger partial charge in [0.25, 0.3) is 0 Å². The third-order valence-corrected chi connectivity index (χ3v) is 2.65. The predicted octanol–water partition coefficient (Wildman–Crippen LogP) is 0.341. The molecule has 10 heteroatoms. The van der Waals surface area contributed by atoms with Gasteiger partial charge in [-0.1, -0.05) is 14.8 Å². The molecule has 10 nitrogen and oxygen atoms in total. The standard InChI is InChI=1S/C10H10N8O2/c19-18(20)10-7-12-9-2-1-8(14-17(9)10)11-3-5-16-6-4-13-15-16/h1-2,4,6-7H,3,5H2,(H,11,14). The highest BCUT2D eigenvalue weighted by molar-refractivity contribution is 5.48. The summed E-state index contributed by atoms with van der Waals surface area (Å²) < 4.78 is 2.86. The lowest BCUT2D eigenvalue weighted by Gasteiger charge is -2.03.